The lowest BCUT2D eigenvalue weighted by molar-refractivity contribution is -0.384. The van der Waals surface area contributed by atoms with Crippen LogP contribution < -0.4 is 9.64 Å². The summed E-state index contributed by atoms with van der Waals surface area (Å²) in [5.41, 5.74) is 2.52. The van der Waals surface area contributed by atoms with Gasteiger partial charge in [0.25, 0.3) is 5.69 Å². The van der Waals surface area contributed by atoms with E-state index in [4.69, 9.17) is 4.74 Å². The predicted molar refractivity (Wildman–Crippen MR) is 121 cm³/mol. The molecule has 0 N–H and O–H groups in total. The molecule has 2 aromatic carbocycles. The number of methoxy groups -OCH3 is 1. The number of piperazine rings is 1. The van der Waals surface area contributed by atoms with Crippen molar-refractivity contribution in [1.82, 2.24) is 4.90 Å². The highest BCUT2D eigenvalue weighted by atomic mass is 32.2. The Morgan fingerprint density at radius 3 is 2.35 bits per heavy atom. The third-order valence-electron chi connectivity index (χ3n) is 5.23. The van der Waals surface area contributed by atoms with Crippen molar-refractivity contribution in [3.63, 3.8) is 0 Å². The highest BCUT2D eigenvalue weighted by Gasteiger charge is 2.21. The molecule has 0 radical (unpaired) electrons. The minimum Gasteiger partial charge on any atom is -0.496 e. The van der Waals surface area contributed by atoms with Crippen molar-refractivity contribution in [2.45, 2.75) is 12.7 Å². The van der Waals surface area contributed by atoms with Crippen molar-refractivity contribution in [3.8, 4) is 5.75 Å². The monoisotopic (exact) mass is 443 g/mol. The van der Waals surface area contributed by atoms with E-state index < -0.39 is 4.92 Å². The van der Waals surface area contributed by atoms with E-state index in [1.165, 1.54) is 30.8 Å². The van der Waals surface area contributed by atoms with E-state index in [1.807, 2.05) is 11.0 Å². The second-order valence-electron chi connectivity index (χ2n) is 7.22. The summed E-state index contributed by atoms with van der Waals surface area (Å²) in [5, 5.41) is 10.8. The minimum absolute atomic E-state index is 0.00382. The number of carbonyl (C=O) groups excluding carboxylic acids is 2. The molecule has 0 aliphatic carbocycles. The molecule has 1 aliphatic rings. The highest BCUT2D eigenvalue weighted by Crippen LogP contribution is 2.25. The Balaban J connectivity index is 1.49. The zero-order chi connectivity index (χ0) is 22.4. The first kappa shape index (κ1) is 22.6. The van der Waals surface area contributed by atoms with E-state index >= 15 is 0 Å². The van der Waals surface area contributed by atoms with E-state index in [0.717, 1.165) is 11.3 Å². The average Bonchev–Trinajstić information content (AvgIpc) is 2.79. The summed E-state index contributed by atoms with van der Waals surface area (Å²) >= 11 is 1.50. The smallest absolute Gasteiger partial charge is 0.269 e. The summed E-state index contributed by atoms with van der Waals surface area (Å²) in [5.74, 6) is 1.72. The van der Waals surface area contributed by atoms with Crippen LogP contribution in [0.3, 0.4) is 0 Å². The molecule has 1 aliphatic heterocycles. The molecule has 1 heterocycles. The number of amides is 1. The lowest BCUT2D eigenvalue weighted by atomic mass is 10.1. The fraction of sp³-hybridized carbons (Fsp3) is 0.364. The van der Waals surface area contributed by atoms with Crippen LogP contribution in [0, 0.1) is 10.1 Å². The van der Waals surface area contributed by atoms with Gasteiger partial charge >= 0.3 is 0 Å². The maximum Gasteiger partial charge on any atom is 0.269 e. The molecule has 1 amide bonds. The number of anilines is 1. The van der Waals surface area contributed by atoms with Crippen molar-refractivity contribution in [2.75, 3.05) is 43.9 Å². The number of nitro benzene ring substituents is 1. The third-order valence-corrected chi connectivity index (χ3v) is 6.19. The molecule has 1 saturated heterocycles. The van der Waals surface area contributed by atoms with Gasteiger partial charge in [-0.1, -0.05) is 0 Å². The van der Waals surface area contributed by atoms with Crippen LogP contribution in [-0.4, -0.2) is 60.6 Å². The molecule has 1 fully saturated rings. The summed E-state index contributed by atoms with van der Waals surface area (Å²) in [7, 11) is 1.59. The molecule has 8 nitrogen and oxygen atoms in total. The number of ketones is 1. The van der Waals surface area contributed by atoms with Gasteiger partial charge in [0.15, 0.2) is 5.78 Å². The lowest BCUT2D eigenvalue weighted by Gasteiger charge is -2.36. The Bertz CT molecular complexity index is 956. The Labute approximate surface area is 185 Å². The number of carbonyl (C=O) groups is 2. The zero-order valence-electron chi connectivity index (χ0n) is 17.6. The first-order valence-electron chi connectivity index (χ1n) is 9.92. The largest absolute Gasteiger partial charge is 0.496 e. The van der Waals surface area contributed by atoms with Gasteiger partial charge < -0.3 is 14.5 Å². The maximum atomic E-state index is 12.6. The lowest BCUT2D eigenvalue weighted by Crippen LogP contribution is -2.49. The Kier molecular flexibility index (Phi) is 7.51. The van der Waals surface area contributed by atoms with Gasteiger partial charge in [0.1, 0.15) is 5.75 Å². The van der Waals surface area contributed by atoms with Crippen LogP contribution in [0.25, 0.3) is 0 Å². The molecule has 0 unspecified atom stereocenters. The second kappa shape index (κ2) is 10.3. The van der Waals surface area contributed by atoms with E-state index in [-0.39, 0.29) is 17.4 Å². The van der Waals surface area contributed by atoms with E-state index in [0.29, 0.717) is 49.0 Å². The molecular weight excluding hydrogens is 418 g/mol. The van der Waals surface area contributed by atoms with Crippen molar-refractivity contribution in [3.05, 3.63) is 63.7 Å². The van der Waals surface area contributed by atoms with Gasteiger partial charge in [0.2, 0.25) is 5.91 Å². The molecule has 0 aromatic heterocycles. The fourth-order valence-electron chi connectivity index (χ4n) is 3.45. The van der Waals surface area contributed by atoms with Crippen LogP contribution in [-0.2, 0) is 10.5 Å². The molecule has 0 saturated carbocycles. The maximum absolute atomic E-state index is 12.6. The quantitative estimate of drug-likeness (QED) is 0.351. The molecule has 0 bridgehead atoms. The molecule has 0 atom stereocenters. The molecule has 2 aromatic rings. The molecule has 9 heteroatoms. The average molecular weight is 444 g/mol. The topological polar surface area (TPSA) is 93.0 Å². The summed E-state index contributed by atoms with van der Waals surface area (Å²) in [6.45, 7) is 4.11. The Morgan fingerprint density at radius 2 is 1.77 bits per heavy atom. The van der Waals surface area contributed by atoms with E-state index in [1.54, 1.807) is 31.4 Å². The first-order chi connectivity index (χ1) is 14.9. The van der Waals surface area contributed by atoms with Crippen LogP contribution in [0.1, 0.15) is 22.8 Å². The third kappa shape index (κ3) is 5.75. The number of Topliss-reactive ketones (excluding diaryl/α,β-unsaturated/α-hetero) is 1. The Hall–Kier alpha value is -3.07. The summed E-state index contributed by atoms with van der Waals surface area (Å²) < 4.78 is 5.37. The highest BCUT2D eigenvalue weighted by molar-refractivity contribution is 7.99. The van der Waals surface area contributed by atoms with Crippen LogP contribution in [0.2, 0.25) is 0 Å². The minimum atomic E-state index is -0.413. The van der Waals surface area contributed by atoms with E-state index in [2.05, 4.69) is 4.90 Å². The number of nitrogens with zero attached hydrogens (tertiary/aromatic N) is 3. The van der Waals surface area contributed by atoms with Crippen molar-refractivity contribution >= 4 is 34.8 Å². The number of thioether (sulfide) groups is 1. The predicted octanol–water partition coefficient (Wildman–Crippen LogP) is 3.39. The number of rotatable bonds is 8. The Morgan fingerprint density at radius 1 is 1.10 bits per heavy atom. The number of nitro groups is 1. The van der Waals surface area contributed by atoms with Crippen LogP contribution in [0.4, 0.5) is 11.4 Å². The van der Waals surface area contributed by atoms with Gasteiger partial charge in [-0.25, -0.2) is 0 Å². The normalized spacial score (nSPS) is 13.7. The van der Waals surface area contributed by atoms with Crippen LogP contribution >= 0.6 is 11.8 Å². The first-order valence-corrected chi connectivity index (χ1v) is 11.1. The second-order valence-corrected chi connectivity index (χ2v) is 8.20. The molecule has 3 rings (SSSR count). The van der Waals surface area contributed by atoms with Gasteiger partial charge in [-0.05, 0) is 37.3 Å². The van der Waals surface area contributed by atoms with E-state index in [9.17, 15) is 19.7 Å². The van der Waals surface area contributed by atoms with Gasteiger partial charge in [0, 0.05) is 60.9 Å². The summed E-state index contributed by atoms with van der Waals surface area (Å²) in [6.07, 6.45) is 0. The molecular formula is C22H25N3O5S. The zero-order valence-corrected chi connectivity index (χ0v) is 18.4. The van der Waals surface area contributed by atoms with Crippen molar-refractivity contribution < 1.29 is 19.2 Å². The van der Waals surface area contributed by atoms with Crippen LogP contribution in [0.15, 0.2) is 42.5 Å². The molecule has 31 heavy (non-hydrogen) atoms. The van der Waals surface area contributed by atoms with Gasteiger partial charge in [-0.2, -0.15) is 0 Å². The number of hydrogen-bond acceptors (Lipinski definition) is 7. The SMILES string of the molecule is COc1ccc(C(C)=O)cc1CSCC(=O)N1CCN(c2ccc([N+](=O)[O-])cc2)CC1. The fourth-order valence-corrected chi connectivity index (χ4v) is 4.35. The van der Waals surface area contributed by atoms with Gasteiger partial charge in [0.05, 0.1) is 17.8 Å². The number of non-ortho nitro benzene ring substituents is 1. The number of hydrogen-bond donors (Lipinski definition) is 0. The van der Waals surface area contributed by atoms with Gasteiger partial charge in [-0.3, -0.25) is 19.7 Å². The summed E-state index contributed by atoms with van der Waals surface area (Å²) in [4.78, 5) is 38.6. The number of ether oxygens (including phenoxy) is 1. The molecule has 164 valence electrons. The molecule has 0 spiro atoms. The number of benzene rings is 2. The van der Waals surface area contributed by atoms with Crippen LogP contribution in [0.5, 0.6) is 5.75 Å². The van der Waals surface area contributed by atoms with Crippen molar-refractivity contribution in [1.29, 1.82) is 0 Å². The van der Waals surface area contributed by atoms with Crippen molar-refractivity contribution in [2.24, 2.45) is 0 Å². The summed E-state index contributed by atoms with van der Waals surface area (Å²) in [6, 6.07) is 11.8. The standard InChI is InChI=1S/C22H25N3O5S/c1-16(26)17-3-8-21(30-2)18(13-17)14-31-15-22(27)24-11-9-23(10-12-24)19-4-6-20(7-5-19)25(28)29/h3-8,13H,9-12,14-15H2,1-2H3. The van der Waals surface area contributed by atoms with Gasteiger partial charge in [-0.15, -0.1) is 11.8 Å².